The van der Waals surface area contributed by atoms with Crippen LogP contribution in [0.15, 0.2) is 30.3 Å². The summed E-state index contributed by atoms with van der Waals surface area (Å²) >= 11 is 0. The molecular formula is C17H20O8. The lowest BCUT2D eigenvalue weighted by Crippen LogP contribution is -2.57. The summed E-state index contributed by atoms with van der Waals surface area (Å²) in [5.41, 5.74) is -1.39. The van der Waals surface area contributed by atoms with E-state index in [-0.39, 0.29) is 5.75 Å². The smallest absolute Gasteiger partial charge is 0.338 e. The van der Waals surface area contributed by atoms with Gasteiger partial charge in [-0.1, -0.05) is 12.1 Å². The van der Waals surface area contributed by atoms with Crippen LogP contribution in [0.5, 0.6) is 5.75 Å². The zero-order valence-electron chi connectivity index (χ0n) is 13.5. The number of benzene rings is 1. The van der Waals surface area contributed by atoms with Crippen LogP contribution in [0.1, 0.15) is 18.4 Å². The second-order valence-electron chi connectivity index (χ2n) is 5.89. The standard InChI is InChI=1S/C17H20O8/c1-24-16(22)17(23)8-12(19)15(13(20)9-17)25-14(21)7-4-10-2-5-11(18)6-3-10/h2-7,12-13,15,18-20,23H,8-9H2,1H3/t12-,13-,15?,17?/m1/s1. The third kappa shape index (κ3) is 4.56. The molecule has 1 aromatic carbocycles. The van der Waals surface area contributed by atoms with E-state index >= 15 is 0 Å². The Hall–Kier alpha value is -2.42. The van der Waals surface area contributed by atoms with Gasteiger partial charge in [-0.2, -0.15) is 0 Å². The number of aliphatic hydroxyl groups is 3. The van der Waals surface area contributed by atoms with Crippen LogP contribution in [0.4, 0.5) is 0 Å². The Kier molecular flexibility index (Phi) is 5.78. The van der Waals surface area contributed by atoms with E-state index in [4.69, 9.17) is 4.74 Å². The average Bonchev–Trinajstić information content (AvgIpc) is 2.57. The maximum absolute atomic E-state index is 11.9. The van der Waals surface area contributed by atoms with Crippen molar-refractivity contribution >= 4 is 18.0 Å². The molecule has 1 aromatic rings. The zero-order chi connectivity index (χ0) is 18.6. The molecule has 2 rings (SSSR count). The molecule has 0 spiro atoms. The summed E-state index contributed by atoms with van der Waals surface area (Å²) in [5, 5.41) is 39.4. The second-order valence-corrected chi connectivity index (χ2v) is 5.89. The van der Waals surface area contributed by atoms with Crippen molar-refractivity contribution in [2.24, 2.45) is 0 Å². The summed E-state index contributed by atoms with van der Waals surface area (Å²) in [6.45, 7) is 0. The first-order chi connectivity index (χ1) is 11.7. The average molecular weight is 352 g/mol. The Bertz CT molecular complexity index is 639. The summed E-state index contributed by atoms with van der Waals surface area (Å²) in [6, 6.07) is 6.07. The van der Waals surface area contributed by atoms with Crippen molar-refractivity contribution in [3.63, 3.8) is 0 Å². The molecule has 0 saturated heterocycles. The fourth-order valence-corrected chi connectivity index (χ4v) is 2.70. The van der Waals surface area contributed by atoms with Gasteiger partial charge in [-0.25, -0.2) is 9.59 Å². The third-order valence-electron chi connectivity index (χ3n) is 3.97. The lowest BCUT2D eigenvalue weighted by molar-refractivity contribution is -0.198. The Labute approximate surface area is 143 Å². The molecule has 0 heterocycles. The molecule has 0 amide bonds. The second kappa shape index (κ2) is 7.64. The Balaban J connectivity index is 1.99. The van der Waals surface area contributed by atoms with Crippen molar-refractivity contribution < 1.29 is 39.5 Å². The third-order valence-corrected chi connectivity index (χ3v) is 3.97. The highest BCUT2D eigenvalue weighted by Gasteiger charge is 2.50. The van der Waals surface area contributed by atoms with E-state index in [1.54, 1.807) is 12.1 Å². The fraction of sp³-hybridized carbons (Fsp3) is 0.412. The molecule has 0 unspecified atom stereocenters. The highest BCUT2D eigenvalue weighted by Crippen LogP contribution is 2.32. The molecule has 8 nitrogen and oxygen atoms in total. The molecule has 0 bridgehead atoms. The molecule has 0 aliphatic heterocycles. The van der Waals surface area contributed by atoms with E-state index in [0.717, 1.165) is 13.2 Å². The largest absolute Gasteiger partial charge is 0.508 e. The first-order valence-electron chi connectivity index (χ1n) is 7.60. The van der Waals surface area contributed by atoms with Gasteiger partial charge in [0.25, 0.3) is 0 Å². The van der Waals surface area contributed by atoms with Gasteiger partial charge in [-0.3, -0.25) is 0 Å². The fourth-order valence-electron chi connectivity index (χ4n) is 2.70. The maximum Gasteiger partial charge on any atom is 0.338 e. The van der Waals surface area contributed by atoms with Gasteiger partial charge in [0.1, 0.15) is 5.75 Å². The molecule has 2 atom stereocenters. The number of aliphatic hydroxyl groups excluding tert-OH is 2. The molecular weight excluding hydrogens is 332 g/mol. The molecule has 1 aliphatic carbocycles. The summed E-state index contributed by atoms with van der Waals surface area (Å²) in [7, 11) is 1.08. The molecule has 136 valence electrons. The van der Waals surface area contributed by atoms with Crippen molar-refractivity contribution in [1.29, 1.82) is 0 Å². The van der Waals surface area contributed by atoms with Crippen LogP contribution >= 0.6 is 0 Å². The minimum atomic E-state index is -2.03. The quantitative estimate of drug-likeness (QED) is 0.430. The van der Waals surface area contributed by atoms with E-state index < -0.39 is 48.7 Å². The van der Waals surface area contributed by atoms with Crippen LogP contribution in [0.2, 0.25) is 0 Å². The molecule has 25 heavy (non-hydrogen) atoms. The van der Waals surface area contributed by atoms with Crippen molar-refractivity contribution in [2.75, 3.05) is 7.11 Å². The van der Waals surface area contributed by atoms with Crippen molar-refractivity contribution in [3.05, 3.63) is 35.9 Å². The number of rotatable bonds is 4. The van der Waals surface area contributed by atoms with Crippen LogP contribution < -0.4 is 0 Å². The SMILES string of the molecule is COC(=O)C1(O)C[C@@H](O)C(OC(=O)C=Cc2ccc(O)cc2)[C@H](O)C1. The number of phenolic OH excluding ortho intramolecular Hbond substituents is 1. The predicted octanol–water partition coefficient (Wildman–Crippen LogP) is -0.263. The number of ether oxygens (including phenoxy) is 2. The molecule has 1 saturated carbocycles. The minimum absolute atomic E-state index is 0.0891. The number of carbonyl (C=O) groups excluding carboxylic acids is 2. The van der Waals surface area contributed by atoms with E-state index in [1.807, 2.05) is 0 Å². The Morgan fingerprint density at radius 1 is 1.16 bits per heavy atom. The topological polar surface area (TPSA) is 134 Å². The lowest BCUT2D eigenvalue weighted by atomic mass is 9.79. The van der Waals surface area contributed by atoms with E-state index in [0.29, 0.717) is 5.56 Å². The molecule has 4 N–H and O–H groups in total. The van der Waals surface area contributed by atoms with Crippen molar-refractivity contribution in [3.8, 4) is 5.75 Å². The van der Waals surface area contributed by atoms with Crippen LogP contribution in [0.25, 0.3) is 6.08 Å². The van der Waals surface area contributed by atoms with Gasteiger partial charge in [-0.05, 0) is 23.8 Å². The van der Waals surface area contributed by atoms with Gasteiger partial charge >= 0.3 is 11.9 Å². The number of phenols is 1. The maximum atomic E-state index is 11.9. The summed E-state index contributed by atoms with van der Waals surface area (Å²) < 4.78 is 9.48. The van der Waals surface area contributed by atoms with Gasteiger partial charge in [0.15, 0.2) is 11.7 Å². The van der Waals surface area contributed by atoms with Gasteiger partial charge in [0.2, 0.25) is 0 Å². The molecule has 0 aromatic heterocycles. The first kappa shape index (κ1) is 18.9. The Morgan fingerprint density at radius 3 is 2.24 bits per heavy atom. The monoisotopic (exact) mass is 352 g/mol. The normalized spacial score (nSPS) is 29.4. The van der Waals surface area contributed by atoms with Crippen molar-refractivity contribution in [1.82, 2.24) is 0 Å². The summed E-state index contributed by atoms with van der Waals surface area (Å²) in [4.78, 5) is 23.4. The van der Waals surface area contributed by atoms with Crippen LogP contribution in [0.3, 0.4) is 0 Å². The summed E-state index contributed by atoms with van der Waals surface area (Å²) in [5.74, 6) is -1.69. The van der Waals surface area contributed by atoms with Crippen LogP contribution in [-0.4, -0.2) is 63.4 Å². The van der Waals surface area contributed by atoms with Gasteiger partial charge in [0, 0.05) is 18.9 Å². The van der Waals surface area contributed by atoms with Gasteiger partial charge in [-0.15, -0.1) is 0 Å². The van der Waals surface area contributed by atoms with E-state index in [9.17, 15) is 30.0 Å². The number of methoxy groups -OCH3 is 1. The van der Waals surface area contributed by atoms with Crippen LogP contribution in [0, 0.1) is 0 Å². The zero-order valence-corrected chi connectivity index (χ0v) is 13.5. The molecule has 1 fully saturated rings. The number of esters is 2. The highest BCUT2D eigenvalue weighted by molar-refractivity contribution is 5.87. The van der Waals surface area contributed by atoms with Gasteiger partial charge < -0.3 is 29.9 Å². The number of hydrogen-bond acceptors (Lipinski definition) is 8. The minimum Gasteiger partial charge on any atom is -0.508 e. The lowest BCUT2D eigenvalue weighted by Gasteiger charge is -2.39. The first-order valence-corrected chi connectivity index (χ1v) is 7.60. The molecule has 8 heteroatoms. The van der Waals surface area contributed by atoms with Crippen LogP contribution in [-0.2, 0) is 19.1 Å². The number of aromatic hydroxyl groups is 1. The van der Waals surface area contributed by atoms with E-state index in [2.05, 4.69) is 4.74 Å². The predicted molar refractivity (Wildman–Crippen MR) is 85.2 cm³/mol. The van der Waals surface area contributed by atoms with Gasteiger partial charge in [0.05, 0.1) is 19.3 Å². The van der Waals surface area contributed by atoms with E-state index in [1.165, 1.54) is 18.2 Å². The highest BCUT2D eigenvalue weighted by atomic mass is 16.6. The summed E-state index contributed by atoms with van der Waals surface area (Å²) in [6.07, 6.45) is -2.44. The Morgan fingerprint density at radius 2 is 1.72 bits per heavy atom. The van der Waals surface area contributed by atoms with Crippen molar-refractivity contribution in [2.45, 2.75) is 36.8 Å². The molecule has 0 radical (unpaired) electrons. The molecule has 1 aliphatic rings. The number of carbonyl (C=O) groups is 2. The number of hydrogen-bond donors (Lipinski definition) is 4.